The Morgan fingerprint density at radius 2 is 1.05 bits per heavy atom. The van der Waals surface area contributed by atoms with E-state index in [0.29, 0.717) is 0 Å². The fourth-order valence-corrected chi connectivity index (χ4v) is 9.23. The van der Waals surface area contributed by atoms with Gasteiger partial charge in [-0.1, -0.05) is 140 Å². The summed E-state index contributed by atoms with van der Waals surface area (Å²) in [6.45, 7) is 0. The van der Waals surface area contributed by atoms with Gasteiger partial charge in [-0.05, 0) is 24.3 Å². The third-order valence-corrected chi connectivity index (χ3v) is 11.4. The average molecular weight is 571 g/mol. The van der Waals surface area contributed by atoms with Crippen molar-refractivity contribution in [2.45, 2.75) is 0 Å². The molecule has 0 fully saturated rings. The van der Waals surface area contributed by atoms with E-state index in [1.165, 1.54) is 0 Å². The minimum absolute atomic E-state index is 0.779. The summed E-state index contributed by atoms with van der Waals surface area (Å²) >= 11 is 0. The zero-order valence-corrected chi connectivity index (χ0v) is 24.2. The van der Waals surface area contributed by atoms with E-state index in [1.54, 1.807) is 0 Å². The highest BCUT2D eigenvalue weighted by atomic mass is 31.2. The van der Waals surface area contributed by atoms with Crippen LogP contribution in [0.5, 0.6) is 0 Å². The van der Waals surface area contributed by atoms with Crippen molar-refractivity contribution in [3.8, 4) is 16.9 Å². The molecule has 8 aromatic rings. The van der Waals surface area contributed by atoms with Crippen molar-refractivity contribution < 1.29 is 4.57 Å². The number of fused-ring (bicyclic) bond motifs is 5. The molecule has 0 saturated heterocycles. The summed E-state index contributed by atoms with van der Waals surface area (Å²) in [5.74, 6) is 0. The molecule has 0 spiro atoms. The molecule has 0 aliphatic carbocycles. The second-order valence-corrected chi connectivity index (χ2v) is 13.4. The van der Waals surface area contributed by atoms with Crippen LogP contribution in [0.15, 0.2) is 164 Å². The number of benzene rings is 6. The quantitative estimate of drug-likeness (QED) is 0.194. The fraction of sp³-hybridized carbons (Fsp3) is 0. The second-order valence-electron chi connectivity index (χ2n) is 10.7. The molecule has 0 saturated carbocycles. The first kappa shape index (κ1) is 25.5. The lowest BCUT2D eigenvalue weighted by molar-refractivity contribution is 0.592. The first-order valence-corrected chi connectivity index (χ1v) is 16.1. The Balaban J connectivity index is 1.56. The van der Waals surface area contributed by atoms with Crippen LogP contribution in [0.3, 0.4) is 0 Å². The highest BCUT2D eigenvalue weighted by molar-refractivity contribution is 7.85. The molecule has 0 radical (unpaired) electrons. The van der Waals surface area contributed by atoms with Gasteiger partial charge in [0.25, 0.3) is 0 Å². The highest BCUT2D eigenvalue weighted by Crippen LogP contribution is 2.47. The van der Waals surface area contributed by atoms with Crippen molar-refractivity contribution in [1.82, 2.24) is 9.55 Å². The molecule has 0 aliphatic rings. The summed E-state index contributed by atoms with van der Waals surface area (Å²) in [6, 6.07) is 55.2. The molecule has 0 atom stereocenters. The topological polar surface area (TPSA) is 34.9 Å². The predicted molar refractivity (Wildman–Crippen MR) is 181 cm³/mol. The van der Waals surface area contributed by atoms with Gasteiger partial charge in [0.05, 0.1) is 22.2 Å². The van der Waals surface area contributed by atoms with Crippen LogP contribution in [0.4, 0.5) is 0 Å². The van der Waals surface area contributed by atoms with Gasteiger partial charge < -0.3 is 9.13 Å². The fourth-order valence-electron chi connectivity index (χ4n) is 6.38. The molecular formula is C39H27N2OP. The maximum absolute atomic E-state index is 15.7. The molecule has 8 rings (SSSR count). The maximum Gasteiger partial charge on any atom is 0.171 e. The molecule has 0 unspecified atom stereocenters. The lowest BCUT2D eigenvalue weighted by Crippen LogP contribution is -2.26. The third kappa shape index (κ3) is 3.97. The summed E-state index contributed by atoms with van der Waals surface area (Å²) in [6.07, 6.45) is 0. The number of nitrogens with zero attached hydrogens (tertiary/aromatic N) is 2. The molecule has 0 amide bonds. The van der Waals surface area contributed by atoms with Crippen molar-refractivity contribution in [3.05, 3.63) is 164 Å². The van der Waals surface area contributed by atoms with Gasteiger partial charge >= 0.3 is 0 Å². The summed E-state index contributed by atoms with van der Waals surface area (Å²) < 4.78 is 18.0. The molecule has 2 aromatic heterocycles. The number of para-hydroxylation sites is 3. The van der Waals surface area contributed by atoms with E-state index in [2.05, 4.69) is 77.4 Å². The van der Waals surface area contributed by atoms with E-state index in [9.17, 15) is 0 Å². The van der Waals surface area contributed by atoms with Gasteiger partial charge in [0.1, 0.15) is 0 Å². The van der Waals surface area contributed by atoms with Crippen LogP contribution in [-0.2, 0) is 4.57 Å². The van der Waals surface area contributed by atoms with Gasteiger partial charge in [-0.2, -0.15) is 0 Å². The lowest BCUT2D eigenvalue weighted by Gasteiger charge is -2.23. The lowest BCUT2D eigenvalue weighted by atomic mass is 10.0. The van der Waals surface area contributed by atoms with Gasteiger partial charge in [-0.15, -0.1) is 0 Å². The van der Waals surface area contributed by atoms with Crippen molar-refractivity contribution in [2.24, 2.45) is 0 Å². The standard InChI is InChI=1S/C39H27N2OP/c42-43(29-18-6-2-7-19-29,30-20-8-3-9-21-30)36-27-15-12-24-33(36)38-39-37(31-22-10-13-25-34(31)40-38)32-23-11-14-26-35(32)41(39)28-16-4-1-5-17-28/h1-27H. The van der Waals surface area contributed by atoms with Gasteiger partial charge in [0.2, 0.25) is 0 Å². The Labute approximate surface area is 250 Å². The normalized spacial score (nSPS) is 11.8. The van der Waals surface area contributed by atoms with Crippen LogP contribution in [0, 0.1) is 0 Å². The Morgan fingerprint density at radius 1 is 0.512 bits per heavy atom. The van der Waals surface area contributed by atoms with E-state index < -0.39 is 7.14 Å². The Bertz CT molecular complexity index is 2270. The van der Waals surface area contributed by atoms with Crippen LogP contribution in [-0.4, -0.2) is 9.55 Å². The monoisotopic (exact) mass is 570 g/mol. The van der Waals surface area contributed by atoms with Crippen molar-refractivity contribution in [1.29, 1.82) is 0 Å². The summed E-state index contributed by atoms with van der Waals surface area (Å²) in [7, 11) is -3.29. The zero-order chi connectivity index (χ0) is 28.8. The molecule has 0 aliphatic heterocycles. The van der Waals surface area contributed by atoms with E-state index in [-0.39, 0.29) is 0 Å². The molecule has 43 heavy (non-hydrogen) atoms. The molecule has 204 valence electrons. The SMILES string of the molecule is O=P(c1ccccc1)(c1ccccc1)c1ccccc1-c1nc2ccccc2c2c3ccccc3n(-c3ccccc3)c12. The molecule has 2 heterocycles. The number of hydrogen-bond donors (Lipinski definition) is 0. The molecule has 4 heteroatoms. The van der Waals surface area contributed by atoms with Crippen LogP contribution < -0.4 is 15.9 Å². The van der Waals surface area contributed by atoms with Crippen LogP contribution in [0.25, 0.3) is 49.7 Å². The van der Waals surface area contributed by atoms with Crippen LogP contribution in [0.1, 0.15) is 0 Å². The van der Waals surface area contributed by atoms with Crippen LogP contribution in [0.2, 0.25) is 0 Å². The van der Waals surface area contributed by atoms with Gasteiger partial charge in [-0.3, -0.25) is 0 Å². The average Bonchev–Trinajstić information content (AvgIpc) is 3.44. The van der Waals surface area contributed by atoms with Crippen molar-refractivity contribution in [3.63, 3.8) is 0 Å². The number of hydrogen-bond acceptors (Lipinski definition) is 2. The van der Waals surface area contributed by atoms with E-state index in [0.717, 1.165) is 65.6 Å². The third-order valence-electron chi connectivity index (χ3n) is 8.26. The maximum atomic E-state index is 15.7. The van der Waals surface area contributed by atoms with E-state index in [1.807, 2.05) is 91.0 Å². The number of aromatic nitrogens is 2. The zero-order valence-electron chi connectivity index (χ0n) is 23.3. The smallest absolute Gasteiger partial charge is 0.171 e. The van der Waals surface area contributed by atoms with Crippen molar-refractivity contribution >= 4 is 55.8 Å². The molecule has 6 aromatic carbocycles. The number of rotatable bonds is 5. The van der Waals surface area contributed by atoms with Gasteiger partial charge in [0, 0.05) is 43.3 Å². The minimum atomic E-state index is -3.29. The van der Waals surface area contributed by atoms with Gasteiger partial charge in [0.15, 0.2) is 7.14 Å². The first-order valence-electron chi connectivity index (χ1n) is 14.4. The second kappa shape index (κ2) is 10.2. The highest BCUT2D eigenvalue weighted by Gasteiger charge is 2.33. The molecular weight excluding hydrogens is 543 g/mol. The molecule has 0 N–H and O–H groups in total. The Hall–Kier alpha value is -5.24. The minimum Gasteiger partial charge on any atom is -0.309 e. The largest absolute Gasteiger partial charge is 0.309 e. The van der Waals surface area contributed by atoms with Crippen molar-refractivity contribution in [2.75, 3.05) is 0 Å². The summed E-state index contributed by atoms with van der Waals surface area (Å²) in [4.78, 5) is 5.37. The van der Waals surface area contributed by atoms with E-state index >= 15 is 4.57 Å². The first-order chi connectivity index (χ1) is 21.2. The summed E-state index contributed by atoms with van der Waals surface area (Å²) in [5, 5.41) is 5.78. The van der Waals surface area contributed by atoms with E-state index in [4.69, 9.17) is 4.98 Å². The Kier molecular flexibility index (Phi) is 6.06. The Morgan fingerprint density at radius 3 is 1.74 bits per heavy atom. The van der Waals surface area contributed by atoms with Gasteiger partial charge in [-0.25, -0.2) is 4.98 Å². The molecule has 0 bridgehead atoms. The van der Waals surface area contributed by atoms with Crippen LogP contribution >= 0.6 is 7.14 Å². The summed E-state index contributed by atoms with van der Waals surface area (Å²) in [5.41, 5.74) is 5.76. The predicted octanol–water partition coefficient (Wildman–Crippen LogP) is 8.64. The molecule has 3 nitrogen and oxygen atoms in total. The number of pyridine rings is 1.